The van der Waals surface area contributed by atoms with Gasteiger partial charge >= 0.3 is 5.97 Å². The molecule has 1 N–H and O–H groups in total. The highest BCUT2D eigenvalue weighted by molar-refractivity contribution is 5.94. The van der Waals surface area contributed by atoms with Gasteiger partial charge in [0, 0.05) is 20.1 Å². The molecule has 1 aromatic rings. The first-order chi connectivity index (χ1) is 9.45. The monoisotopic (exact) mass is 279 g/mol. The third kappa shape index (κ3) is 2.67. The number of carboxylic acids is 1. The van der Waals surface area contributed by atoms with Crippen molar-refractivity contribution < 1.29 is 9.90 Å². The molecule has 0 atom stereocenters. The van der Waals surface area contributed by atoms with E-state index in [1.165, 1.54) is 19.3 Å². The zero-order valence-electron chi connectivity index (χ0n) is 12.9. The molecule has 0 amide bonds. The second-order valence-corrected chi connectivity index (χ2v) is 5.91. The molecule has 0 radical (unpaired) electrons. The molecule has 5 nitrogen and oxygen atoms in total. The second kappa shape index (κ2) is 5.85. The lowest BCUT2D eigenvalue weighted by atomic mass is 9.84. The number of rotatable bonds is 4. The van der Waals surface area contributed by atoms with Gasteiger partial charge in [-0.1, -0.05) is 13.3 Å². The van der Waals surface area contributed by atoms with Crippen LogP contribution >= 0.6 is 0 Å². The first-order valence-corrected chi connectivity index (χ1v) is 7.45. The normalized spacial score (nSPS) is 22.8. The Kier molecular flexibility index (Phi) is 4.35. The fraction of sp³-hybridized carbons (Fsp3) is 0.733. The fourth-order valence-electron chi connectivity index (χ4n) is 3.41. The molecular formula is C15H25N3O2. The Morgan fingerprint density at radius 2 is 2.00 bits per heavy atom. The van der Waals surface area contributed by atoms with Crippen molar-refractivity contribution in [2.24, 2.45) is 13.0 Å². The van der Waals surface area contributed by atoms with Crippen molar-refractivity contribution in [2.45, 2.75) is 52.0 Å². The smallest absolute Gasteiger partial charge is 0.341 e. The summed E-state index contributed by atoms with van der Waals surface area (Å²) < 4.78 is 1.70. The maximum absolute atomic E-state index is 11.5. The van der Waals surface area contributed by atoms with Gasteiger partial charge in [0.25, 0.3) is 0 Å². The average molecular weight is 279 g/mol. The predicted octanol–water partition coefficient (Wildman–Crippen LogP) is 2.83. The minimum absolute atomic E-state index is 0.340. The summed E-state index contributed by atoms with van der Waals surface area (Å²) in [6, 6.07) is 0.422. The lowest BCUT2D eigenvalue weighted by Gasteiger charge is -2.35. The quantitative estimate of drug-likeness (QED) is 0.920. The Labute approximate surface area is 120 Å². The van der Waals surface area contributed by atoms with E-state index < -0.39 is 5.97 Å². The van der Waals surface area contributed by atoms with Crippen LogP contribution in [-0.2, 0) is 7.05 Å². The zero-order chi connectivity index (χ0) is 14.9. The third-order valence-corrected chi connectivity index (χ3v) is 4.68. The standard InChI is InChI=1S/C15H25N3O2/c1-5-11-6-8-12(9-7-11)17(3)14-13(15(19)20)10(2)16-18(14)4/h11-12H,5-9H2,1-4H3,(H,19,20). The Morgan fingerprint density at radius 1 is 1.40 bits per heavy atom. The number of carboxylic acid groups (broad SMARTS) is 1. The van der Waals surface area contributed by atoms with Crippen LogP contribution in [0.15, 0.2) is 0 Å². The van der Waals surface area contributed by atoms with E-state index in [0.29, 0.717) is 17.3 Å². The number of nitrogens with zero attached hydrogens (tertiary/aromatic N) is 3. The Hall–Kier alpha value is -1.52. The topological polar surface area (TPSA) is 58.4 Å². The van der Waals surface area contributed by atoms with E-state index in [0.717, 1.165) is 24.6 Å². The summed E-state index contributed by atoms with van der Waals surface area (Å²) in [7, 11) is 3.82. The molecule has 1 aliphatic rings. The van der Waals surface area contributed by atoms with Crippen LogP contribution in [0.4, 0.5) is 5.82 Å². The molecule has 1 saturated carbocycles. The van der Waals surface area contributed by atoms with Gasteiger partial charge in [-0.05, 0) is 38.5 Å². The largest absolute Gasteiger partial charge is 0.477 e. The fourth-order valence-corrected chi connectivity index (χ4v) is 3.41. The Balaban J connectivity index is 2.21. The van der Waals surface area contributed by atoms with Crippen molar-refractivity contribution in [3.63, 3.8) is 0 Å². The number of carbonyl (C=O) groups is 1. The van der Waals surface area contributed by atoms with Gasteiger partial charge in [-0.25, -0.2) is 4.79 Å². The molecule has 20 heavy (non-hydrogen) atoms. The zero-order valence-corrected chi connectivity index (χ0v) is 12.9. The van der Waals surface area contributed by atoms with Gasteiger partial charge in [0.2, 0.25) is 0 Å². The number of hydrogen-bond acceptors (Lipinski definition) is 3. The van der Waals surface area contributed by atoms with Crippen molar-refractivity contribution >= 4 is 11.8 Å². The van der Waals surface area contributed by atoms with Crippen LogP contribution in [0.25, 0.3) is 0 Å². The highest BCUT2D eigenvalue weighted by atomic mass is 16.4. The predicted molar refractivity (Wildman–Crippen MR) is 79.3 cm³/mol. The number of aryl methyl sites for hydroxylation is 2. The molecule has 0 spiro atoms. The van der Waals surface area contributed by atoms with Gasteiger partial charge in [0.05, 0.1) is 5.69 Å². The highest BCUT2D eigenvalue weighted by Gasteiger charge is 2.29. The summed E-state index contributed by atoms with van der Waals surface area (Å²) in [5.41, 5.74) is 0.928. The summed E-state index contributed by atoms with van der Waals surface area (Å²) in [6.07, 6.45) is 6.01. The summed E-state index contributed by atoms with van der Waals surface area (Å²) in [5, 5.41) is 13.7. The molecular weight excluding hydrogens is 254 g/mol. The van der Waals surface area contributed by atoms with Gasteiger partial charge in [-0.2, -0.15) is 5.10 Å². The van der Waals surface area contributed by atoms with Crippen LogP contribution < -0.4 is 4.90 Å². The lowest BCUT2D eigenvalue weighted by molar-refractivity contribution is 0.0696. The van der Waals surface area contributed by atoms with E-state index in [-0.39, 0.29) is 0 Å². The minimum Gasteiger partial charge on any atom is -0.477 e. The van der Waals surface area contributed by atoms with E-state index in [2.05, 4.69) is 16.9 Å². The highest BCUT2D eigenvalue weighted by Crippen LogP contribution is 2.33. The van der Waals surface area contributed by atoms with Gasteiger partial charge in [0.1, 0.15) is 11.4 Å². The van der Waals surface area contributed by atoms with Crippen LogP contribution in [0.3, 0.4) is 0 Å². The molecule has 1 aliphatic carbocycles. The van der Waals surface area contributed by atoms with E-state index in [9.17, 15) is 9.90 Å². The number of hydrogen-bond donors (Lipinski definition) is 1. The molecule has 0 saturated heterocycles. The van der Waals surface area contributed by atoms with Crippen molar-refractivity contribution in [3.8, 4) is 0 Å². The molecule has 1 fully saturated rings. The van der Waals surface area contributed by atoms with Crippen LogP contribution in [0.2, 0.25) is 0 Å². The Bertz CT molecular complexity index is 488. The molecule has 0 unspecified atom stereocenters. The van der Waals surface area contributed by atoms with Crippen molar-refractivity contribution in [1.29, 1.82) is 0 Å². The molecule has 0 aliphatic heterocycles. The van der Waals surface area contributed by atoms with Gasteiger partial charge in [0.15, 0.2) is 0 Å². The molecule has 0 bridgehead atoms. The molecule has 2 rings (SSSR count). The second-order valence-electron chi connectivity index (χ2n) is 5.91. The number of aromatic carboxylic acids is 1. The summed E-state index contributed by atoms with van der Waals surface area (Å²) in [5.74, 6) is 0.682. The average Bonchev–Trinajstić information content (AvgIpc) is 2.72. The lowest BCUT2D eigenvalue weighted by Crippen LogP contribution is -2.37. The van der Waals surface area contributed by atoms with E-state index in [1.807, 2.05) is 14.1 Å². The summed E-state index contributed by atoms with van der Waals surface area (Å²) in [4.78, 5) is 13.6. The van der Waals surface area contributed by atoms with Crippen LogP contribution in [0.5, 0.6) is 0 Å². The minimum atomic E-state index is -0.889. The van der Waals surface area contributed by atoms with Crippen molar-refractivity contribution in [3.05, 3.63) is 11.3 Å². The summed E-state index contributed by atoms with van der Waals surface area (Å²) >= 11 is 0. The van der Waals surface area contributed by atoms with Gasteiger partial charge in [-0.15, -0.1) is 0 Å². The maximum atomic E-state index is 11.5. The van der Waals surface area contributed by atoms with Gasteiger partial charge in [-0.3, -0.25) is 4.68 Å². The van der Waals surface area contributed by atoms with Crippen LogP contribution in [0, 0.1) is 12.8 Å². The molecule has 1 heterocycles. The molecule has 5 heteroatoms. The Morgan fingerprint density at radius 3 is 2.50 bits per heavy atom. The molecule has 0 aromatic carbocycles. The van der Waals surface area contributed by atoms with Gasteiger partial charge < -0.3 is 10.0 Å². The maximum Gasteiger partial charge on any atom is 0.341 e. The van der Waals surface area contributed by atoms with Crippen molar-refractivity contribution in [2.75, 3.05) is 11.9 Å². The number of aromatic nitrogens is 2. The van der Waals surface area contributed by atoms with Crippen LogP contribution in [0.1, 0.15) is 55.1 Å². The first-order valence-electron chi connectivity index (χ1n) is 7.45. The van der Waals surface area contributed by atoms with Crippen LogP contribution in [-0.4, -0.2) is 33.9 Å². The molecule has 112 valence electrons. The van der Waals surface area contributed by atoms with E-state index in [1.54, 1.807) is 11.6 Å². The summed E-state index contributed by atoms with van der Waals surface area (Å²) in [6.45, 7) is 4.01. The SMILES string of the molecule is CCC1CCC(N(C)c2c(C(=O)O)c(C)nn2C)CC1. The first kappa shape index (κ1) is 14.9. The van der Waals surface area contributed by atoms with E-state index >= 15 is 0 Å². The van der Waals surface area contributed by atoms with E-state index in [4.69, 9.17) is 0 Å². The van der Waals surface area contributed by atoms with Crippen molar-refractivity contribution in [1.82, 2.24) is 9.78 Å². The third-order valence-electron chi connectivity index (χ3n) is 4.68. The molecule has 1 aromatic heterocycles. The number of anilines is 1.